The lowest BCUT2D eigenvalue weighted by Crippen LogP contribution is -2.28. The van der Waals surface area contributed by atoms with E-state index in [2.05, 4.69) is 18.7 Å². The fourth-order valence-electron chi connectivity index (χ4n) is 1.74. The zero-order valence-electron chi connectivity index (χ0n) is 8.21. The lowest BCUT2D eigenvalue weighted by atomic mass is 10.2. The van der Waals surface area contributed by atoms with Crippen molar-refractivity contribution < 1.29 is 5.11 Å². The van der Waals surface area contributed by atoms with E-state index < -0.39 is 0 Å². The molecule has 2 nitrogen and oxygen atoms in total. The predicted molar refractivity (Wildman–Crippen MR) is 50.9 cm³/mol. The van der Waals surface area contributed by atoms with E-state index in [1.54, 1.807) is 0 Å². The summed E-state index contributed by atoms with van der Waals surface area (Å²) < 4.78 is 0. The van der Waals surface area contributed by atoms with Crippen LogP contribution in [0.2, 0.25) is 0 Å². The van der Waals surface area contributed by atoms with E-state index in [4.69, 9.17) is 0 Å². The maximum absolute atomic E-state index is 9.41. The fourth-order valence-corrected chi connectivity index (χ4v) is 1.74. The second-order valence-electron chi connectivity index (χ2n) is 4.07. The molecule has 1 aliphatic rings. The molecule has 0 spiro atoms. The van der Waals surface area contributed by atoms with Crippen LogP contribution in [-0.2, 0) is 0 Å². The Morgan fingerprint density at radius 2 is 2.08 bits per heavy atom. The Morgan fingerprint density at radius 3 is 2.75 bits per heavy atom. The number of rotatable bonds is 2. The van der Waals surface area contributed by atoms with Crippen LogP contribution in [0.25, 0.3) is 0 Å². The molecule has 1 saturated heterocycles. The second kappa shape index (κ2) is 4.83. The number of aliphatic hydroxyl groups is 1. The van der Waals surface area contributed by atoms with Crippen LogP contribution in [0, 0.1) is 5.92 Å². The summed E-state index contributed by atoms with van der Waals surface area (Å²) in [5.41, 5.74) is 0. The van der Waals surface area contributed by atoms with Crippen LogP contribution in [0.15, 0.2) is 0 Å². The van der Waals surface area contributed by atoms with Crippen molar-refractivity contribution in [2.75, 3.05) is 19.6 Å². The van der Waals surface area contributed by atoms with Crippen molar-refractivity contribution in [3.8, 4) is 0 Å². The van der Waals surface area contributed by atoms with E-state index in [1.165, 1.54) is 5.92 Å². The quantitative estimate of drug-likeness (QED) is 0.678. The van der Waals surface area contributed by atoms with Crippen LogP contribution in [0.1, 0.15) is 33.1 Å². The maximum atomic E-state index is 9.41. The first kappa shape index (κ1) is 10.0. The number of hydrogen-bond donors (Lipinski definition) is 1. The minimum absolute atomic E-state index is 0.0489. The summed E-state index contributed by atoms with van der Waals surface area (Å²) in [6.45, 7) is 7.66. The molecule has 1 unspecified atom stereocenters. The first-order chi connectivity index (χ1) is 5.68. The molecule has 1 fully saturated rings. The molecule has 0 amide bonds. The normalized spacial score (nSPS) is 27.5. The van der Waals surface area contributed by atoms with Crippen LogP contribution in [0.5, 0.6) is 0 Å². The van der Waals surface area contributed by atoms with Gasteiger partial charge in [-0.3, -0.25) is 0 Å². The minimum atomic E-state index is -0.0489. The average Bonchev–Trinajstić information content (AvgIpc) is 2.15. The van der Waals surface area contributed by atoms with Gasteiger partial charge < -0.3 is 10.0 Å². The first-order valence-electron chi connectivity index (χ1n) is 4.88. The van der Waals surface area contributed by atoms with Gasteiger partial charge in [0.05, 0.1) is 6.10 Å². The average molecular weight is 170 g/mol. The molecule has 0 aromatic carbocycles. The molecule has 1 heterocycles. The van der Waals surface area contributed by atoms with E-state index in [0.717, 1.165) is 38.9 Å². The first-order valence-corrected chi connectivity index (χ1v) is 4.88. The molecule has 2 heteroatoms. The van der Waals surface area contributed by atoms with E-state index >= 15 is 0 Å². The van der Waals surface area contributed by atoms with Gasteiger partial charge >= 0.3 is 0 Å². The van der Waals surface area contributed by atoms with Gasteiger partial charge in [0.2, 0.25) is 0 Å². The van der Waals surface area contributed by atoms with Crippen molar-refractivity contribution in [2.45, 2.75) is 39.2 Å². The molecule has 0 aliphatic carbocycles. The summed E-state index contributed by atoms with van der Waals surface area (Å²) in [6.07, 6.45) is 3.04. The standard InChI is InChI=1S/C10H20NO/c1-9(2)8-11-6-3-4-10(12)5-7-11/h10,12H,3-8H2,1-2H3. The summed E-state index contributed by atoms with van der Waals surface area (Å²) in [6, 6.07) is 0. The Bertz CT molecular complexity index is 125. The molecule has 12 heavy (non-hydrogen) atoms. The van der Waals surface area contributed by atoms with Crippen molar-refractivity contribution in [1.29, 1.82) is 0 Å². The predicted octanol–water partition coefficient (Wildman–Crippen LogP) is 1.45. The van der Waals surface area contributed by atoms with E-state index in [0.29, 0.717) is 0 Å². The zero-order valence-corrected chi connectivity index (χ0v) is 8.21. The lowest BCUT2D eigenvalue weighted by molar-refractivity contribution is 0.155. The van der Waals surface area contributed by atoms with Gasteiger partial charge in [0.25, 0.3) is 0 Å². The van der Waals surface area contributed by atoms with Crippen molar-refractivity contribution in [3.05, 3.63) is 5.92 Å². The Hall–Kier alpha value is -0.0800. The van der Waals surface area contributed by atoms with Crippen LogP contribution >= 0.6 is 0 Å². The minimum Gasteiger partial charge on any atom is -0.393 e. The summed E-state index contributed by atoms with van der Waals surface area (Å²) in [4.78, 5) is 2.44. The fraction of sp³-hybridized carbons (Fsp3) is 0.900. The van der Waals surface area contributed by atoms with Crippen LogP contribution in [0.3, 0.4) is 0 Å². The van der Waals surface area contributed by atoms with Crippen molar-refractivity contribution in [3.63, 3.8) is 0 Å². The molecule has 1 radical (unpaired) electrons. The SMILES string of the molecule is C[C](C)CN1CCCC(O)CC1. The number of nitrogens with zero attached hydrogens (tertiary/aromatic N) is 1. The molecule has 0 aromatic rings. The maximum Gasteiger partial charge on any atom is 0.0553 e. The summed E-state index contributed by atoms with van der Waals surface area (Å²) in [7, 11) is 0. The molecule has 0 saturated carbocycles. The van der Waals surface area contributed by atoms with Crippen LogP contribution in [0.4, 0.5) is 0 Å². The van der Waals surface area contributed by atoms with Gasteiger partial charge in [0.15, 0.2) is 0 Å². The molecule has 0 bridgehead atoms. The monoisotopic (exact) mass is 170 g/mol. The van der Waals surface area contributed by atoms with Gasteiger partial charge in [-0.15, -0.1) is 0 Å². The third-order valence-corrected chi connectivity index (χ3v) is 2.33. The van der Waals surface area contributed by atoms with Gasteiger partial charge in [-0.2, -0.15) is 0 Å². The van der Waals surface area contributed by atoms with Gasteiger partial charge in [-0.05, 0) is 31.7 Å². The highest BCUT2D eigenvalue weighted by atomic mass is 16.3. The Labute approximate surface area is 75.6 Å². The molecule has 1 rings (SSSR count). The highest BCUT2D eigenvalue weighted by Gasteiger charge is 2.14. The third kappa shape index (κ3) is 3.55. The highest BCUT2D eigenvalue weighted by molar-refractivity contribution is 4.83. The van der Waals surface area contributed by atoms with Crippen LogP contribution < -0.4 is 0 Å². The van der Waals surface area contributed by atoms with Crippen molar-refractivity contribution in [1.82, 2.24) is 4.90 Å². The lowest BCUT2D eigenvalue weighted by Gasteiger charge is -2.21. The van der Waals surface area contributed by atoms with E-state index in [9.17, 15) is 5.11 Å². The summed E-state index contributed by atoms with van der Waals surface area (Å²) >= 11 is 0. The van der Waals surface area contributed by atoms with E-state index in [-0.39, 0.29) is 6.10 Å². The molecular formula is C10H20NO. The summed E-state index contributed by atoms with van der Waals surface area (Å²) in [5, 5.41) is 9.41. The summed E-state index contributed by atoms with van der Waals surface area (Å²) in [5.74, 6) is 1.46. The third-order valence-electron chi connectivity index (χ3n) is 2.33. The van der Waals surface area contributed by atoms with Gasteiger partial charge in [0, 0.05) is 13.1 Å². The number of hydrogen-bond acceptors (Lipinski definition) is 2. The molecule has 1 atom stereocenters. The highest BCUT2D eigenvalue weighted by Crippen LogP contribution is 2.12. The molecule has 71 valence electrons. The Balaban J connectivity index is 2.26. The molecule has 1 aliphatic heterocycles. The van der Waals surface area contributed by atoms with Crippen LogP contribution in [-0.4, -0.2) is 35.7 Å². The Morgan fingerprint density at radius 1 is 1.33 bits per heavy atom. The second-order valence-corrected chi connectivity index (χ2v) is 4.07. The molecule has 1 N–H and O–H groups in total. The van der Waals surface area contributed by atoms with Gasteiger partial charge in [0.1, 0.15) is 0 Å². The van der Waals surface area contributed by atoms with E-state index in [1.807, 2.05) is 0 Å². The molecule has 0 aromatic heterocycles. The molecular weight excluding hydrogens is 150 g/mol. The zero-order chi connectivity index (χ0) is 8.97. The van der Waals surface area contributed by atoms with Crippen molar-refractivity contribution >= 4 is 0 Å². The topological polar surface area (TPSA) is 23.5 Å². The Kier molecular flexibility index (Phi) is 4.02. The number of aliphatic hydroxyl groups excluding tert-OH is 1. The number of likely N-dealkylation sites (tertiary alicyclic amines) is 1. The largest absolute Gasteiger partial charge is 0.393 e. The van der Waals surface area contributed by atoms with Gasteiger partial charge in [-0.25, -0.2) is 0 Å². The van der Waals surface area contributed by atoms with Crippen molar-refractivity contribution in [2.24, 2.45) is 0 Å². The van der Waals surface area contributed by atoms with Gasteiger partial charge in [-0.1, -0.05) is 13.8 Å². The smallest absolute Gasteiger partial charge is 0.0553 e.